The zero-order valence-electron chi connectivity index (χ0n) is 14.6. The maximum Gasteiger partial charge on any atom is 0.0843 e. The van der Waals surface area contributed by atoms with Crippen LogP contribution >= 0.6 is 0 Å². The molecule has 124 valence electrons. The Kier molecular flexibility index (Phi) is 5.28. The monoisotopic (exact) mass is 312 g/mol. The SMILES string of the molecule is CC(C)(O)c1ccccc1CCCc1ccccc1C(C)(C)O. The zero-order chi connectivity index (χ0) is 17.1. The molecule has 2 heteroatoms. The van der Waals surface area contributed by atoms with Crippen molar-refractivity contribution in [3.8, 4) is 0 Å². The minimum Gasteiger partial charge on any atom is -0.386 e. The van der Waals surface area contributed by atoms with Gasteiger partial charge in [-0.25, -0.2) is 0 Å². The van der Waals surface area contributed by atoms with Gasteiger partial charge in [-0.2, -0.15) is 0 Å². The Morgan fingerprint density at radius 3 is 1.35 bits per heavy atom. The average molecular weight is 312 g/mol. The van der Waals surface area contributed by atoms with E-state index in [0.717, 1.165) is 30.4 Å². The molecule has 0 radical (unpaired) electrons. The fourth-order valence-electron chi connectivity index (χ4n) is 3.14. The van der Waals surface area contributed by atoms with Crippen LogP contribution in [0.4, 0.5) is 0 Å². The second-order valence-corrected chi connectivity index (χ2v) is 7.29. The number of hydrogen-bond donors (Lipinski definition) is 2. The minimum absolute atomic E-state index is 0.818. The van der Waals surface area contributed by atoms with Crippen molar-refractivity contribution >= 4 is 0 Å². The van der Waals surface area contributed by atoms with E-state index in [4.69, 9.17) is 0 Å². The Balaban J connectivity index is 2.11. The van der Waals surface area contributed by atoms with Crippen molar-refractivity contribution in [2.24, 2.45) is 0 Å². The van der Waals surface area contributed by atoms with Gasteiger partial charge in [-0.1, -0.05) is 48.5 Å². The molecule has 0 aromatic heterocycles. The molecule has 0 spiro atoms. The molecule has 0 heterocycles. The van der Waals surface area contributed by atoms with Gasteiger partial charge in [-0.05, 0) is 69.2 Å². The molecular weight excluding hydrogens is 284 g/mol. The highest BCUT2D eigenvalue weighted by atomic mass is 16.3. The van der Waals surface area contributed by atoms with Crippen molar-refractivity contribution in [3.05, 3.63) is 70.8 Å². The van der Waals surface area contributed by atoms with E-state index in [1.807, 2.05) is 64.1 Å². The van der Waals surface area contributed by atoms with Crippen molar-refractivity contribution in [2.45, 2.75) is 58.2 Å². The summed E-state index contributed by atoms with van der Waals surface area (Å²) in [5, 5.41) is 20.6. The van der Waals surface area contributed by atoms with Gasteiger partial charge in [-0.15, -0.1) is 0 Å². The smallest absolute Gasteiger partial charge is 0.0843 e. The van der Waals surface area contributed by atoms with E-state index >= 15 is 0 Å². The van der Waals surface area contributed by atoms with Crippen LogP contribution in [0, 0.1) is 0 Å². The largest absolute Gasteiger partial charge is 0.386 e. The standard InChI is InChI=1S/C21H28O2/c1-20(2,22)18-14-7-5-10-16(18)12-9-13-17-11-6-8-15-19(17)21(3,4)23/h5-8,10-11,14-15,22-23H,9,12-13H2,1-4H3. The summed E-state index contributed by atoms with van der Waals surface area (Å²) in [7, 11) is 0. The quantitative estimate of drug-likeness (QED) is 0.834. The molecule has 2 rings (SSSR count). The molecule has 2 nitrogen and oxygen atoms in total. The van der Waals surface area contributed by atoms with Gasteiger partial charge < -0.3 is 10.2 Å². The third-order valence-electron chi connectivity index (χ3n) is 4.25. The second kappa shape index (κ2) is 6.86. The van der Waals surface area contributed by atoms with E-state index in [1.54, 1.807) is 0 Å². The van der Waals surface area contributed by atoms with Crippen LogP contribution in [0.3, 0.4) is 0 Å². The maximum absolute atomic E-state index is 10.3. The van der Waals surface area contributed by atoms with Crippen molar-refractivity contribution in [3.63, 3.8) is 0 Å². The molecule has 0 atom stereocenters. The molecule has 0 bridgehead atoms. The Morgan fingerprint density at radius 2 is 1.00 bits per heavy atom. The maximum atomic E-state index is 10.3. The Bertz CT molecular complexity index is 588. The second-order valence-electron chi connectivity index (χ2n) is 7.29. The third kappa shape index (κ3) is 4.66. The first-order chi connectivity index (χ1) is 10.7. The topological polar surface area (TPSA) is 40.5 Å². The molecule has 0 amide bonds. The molecule has 2 N–H and O–H groups in total. The summed E-state index contributed by atoms with van der Waals surface area (Å²) in [6.07, 6.45) is 2.82. The van der Waals surface area contributed by atoms with Crippen LogP contribution in [-0.2, 0) is 24.0 Å². The van der Waals surface area contributed by atoms with Crippen LogP contribution in [-0.4, -0.2) is 10.2 Å². The minimum atomic E-state index is -0.818. The lowest BCUT2D eigenvalue weighted by Crippen LogP contribution is -2.19. The summed E-state index contributed by atoms with van der Waals surface area (Å²) in [5.74, 6) is 0. The fraction of sp³-hybridized carbons (Fsp3) is 0.429. The number of benzene rings is 2. The fourth-order valence-corrected chi connectivity index (χ4v) is 3.14. The van der Waals surface area contributed by atoms with E-state index in [1.165, 1.54) is 11.1 Å². The number of aryl methyl sites for hydroxylation is 2. The van der Waals surface area contributed by atoms with Gasteiger partial charge in [0, 0.05) is 0 Å². The predicted molar refractivity (Wildman–Crippen MR) is 95.4 cm³/mol. The van der Waals surface area contributed by atoms with Crippen LogP contribution in [0.1, 0.15) is 56.4 Å². The van der Waals surface area contributed by atoms with Crippen LogP contribution < -0.4 is 0 Å². The van der Waals surface area contributed by atoms with E-state index in [9.17, 15) is 10.2 Å². The first kappa shape index (κ1) is 17.7. The Hall–Kier alpha value is -1.64. The number of rotatable bonds is 6. The van der Waals surface area contributed by atoms with E-state index in [0.29, 0.717) is 0 Å². The highest BCUT2D eigenvalue weighted by molar-refractivity contribution is 5.33. The third-order valence-corrected chi connectivity index (χ3v) is 4.25. The molecule has 0 saturated heterocycles. The van der Waals surface area contributed by atoms with Crippen molar-refractivity contribution in [1.82, 2.24) is 0 Å². The molecule has 0 aliphatic rings. The highest BCUT2D eigenvalue weighted by Crippen LogP contribution is 2.27. The van der Waals surface area contributed by atoms with Gasteiger partial charge in [0.25, 0.3) is 0 Å². The van der Waals surface area contributed by atoms with Crippen LogP contribution in [0.25, 0.3) is 0 Å². The first-order valence-electron chi connectivity index (χ1n) is 8.31. The van der Waals surface area contributed by atoms with Crippen LogP contribution in [0.2, 0.25) is 0 Å². The molecule has 0 unspecified atom stereocenters. The summed E-state index contributed by atoms with van der Waals surface area (Å²) >= 11 is 0. The Labute approximate surface area is 139 Å². The van der Waals surface area contributed by atoms with Gasteiger partial charge in [0.15, 0.2) is 0 Å². The average Bonchev–Trinajstić information content (AvgIpc) is 2.46. The normalized spacial score (nSPS) is 12.4. The summed E-state index contributed by atoms with van der Waals surface area (Å²) < 4.78 is 0. The summed E-state index contributed by atoms with van der Waals surface area (Å²) in [4.78, 5) is 0. The Morgan fingerprint density at radius 1 is 0.652 bits per heavy atom. The lowest BCUT2D eigenvalue weighted by molar-refractivity contribution is 0.0773. The van der Waals surface area contributed by atoms with Crippen molar-refractivity contribution in [1.29, 1.82) is 0 Å². The van der Waals surface area contributed by atoms with E-state index in [2.05, 4.69) is 12.1 Å². The number of hydrogen-bond acceptors (Lipinski definition) is 2. The zero-order valence-corrected chi connectivity index (χ0v) is 14.6. The molecule has 0 aliphatic heterocycles. The molecule has 23 heavy (non-hydrogen) atoms. The summed E-state index contributed by atoms with van der Waals surface area (Å²) in [6, 6.07) is 16.2. The van der Waals surface area contributed by atoms with Gasteiger partial charge in [0.2, 0.25) is 0 Å². The first-order valence-corrected chi connectivity index (χ1v) is 8.31. The van der Waals surface area contributed by atoms with Gasteiger partial charge in [0.1, 0.15) is 0 Å². The molecule has 2 aromatic carbocycles. The van der Waals surface area contributed by atoms with Gasteiger partial charge >= 0.3 is 0 Å². The molecule has 0 fully saturated rings. The molecular formula is C21H28O2. The molecule has 2 aromatic rings. The van der Waals surface area contributed by atoms with Crippen molar-refractivity contribution < 1.29 is 10.2 Å². The number of aliphatic hydroxyl groups is 2. The molecule has 0 aliphatic carbocycles. The van der Waals surface area contributed by atoms with Crippen LogP contribution in [0.5, 0.6) is 0 Å². The highest BCUT2D eigenvalue weighted by Gasteiger charge is 2.20. The summed E-state index contributed by atoms with van der Waals surface area (Å²) in [6.45, 7) is 7.32. The van der Waals surface area contributed by atoms with Crippen LogP contribution in [0.15, 0.2) is 48.5 Å². The van der Waals surface area contributed by atoms with Gasteiger partial charge in [0.05, 0.1) is 11.2 Å². The molecule has 0 saturated carbocycles. The van der Waals surface area contributed by atoms with Crippen molar-refractivity contribution in [2.75, 3.05) is 0 Å². The lowest BCUT2D eigenvalue weighted by atomic mass is 9.88. The summed E-state index contributed by atoms with van der Waals surface area (Å²) in [5.41, 5.74) is 2.75. The lowest BCUT2D eigenvalue weighted by Gasteiger charge is -2.23. The van der Waals surface area contributed by atoms with E-state index < -0.39 is 11.2 Å². The predicted octanol–water partition coefficient (Wildman–Crippen LogP) is 4.32. The van der Waals surface area contributed by atoms with Gasteiger partial charge in [-0.3, -0.25) is 0 Å². The van der Waals surface area contributed by atoms with E-state index in [-0.39, 0.29) is 0 Å².